The minimum atomic E-state index is -3.64. The smallest absolute Gasteiger partial charge is 0.308 e. The fourth-order valence-corrected chi connectivity index (χ4v) is 5.98. The third-order valence-electron chi connectivity index (χ3n) is 4.89. The average molecular weight is 398 g/mol. The van der Waals surface area contributed by atoms with Crippen LogP contribution in [0.5, 0.6) is 0 Å². The van der Waals surface area contributed by atoms with Crippen molar-refractivity contribution >= 4 is 31.6 Å². The van der Waals surface area contributed by atoms with Crippen LogP contribution in [-0.2, 0) is 16.6 Å². The van der Waals surface area contributed by atoms with Crippen LogP contribution in [0.15, 0.2) is 27.9 Å². The Hall–Kier alpha value is -1.22. The van der Waals surface area contributed by atoms with E-state index in [4.69, 9.17) is 0 Å². The van der Waals surface area contributed by atoms with Gasteiger partial charge in [-0.15, -0.1) is 0 Å². The van der Waals surface area contributed by atoms with Crippen molar-refractivity contribution < 1.29 is 8.42 Å². The molecule has 1 aromatic heterocycles. The van der Waals surface area contributed by atoms with Crippen LogP contribution < -0.4 is 14.9 Å². The molecule has 1 heterocycles. The van der Waals surface area contributed by atoms with Gasteiger partial charge in [0.25, 0.3) is 0 Å². The van der Waals surface area contributed by atoms with E-state index >= 15 is 0 Å². The number of hydrogen-bond acceptors (Lipinski definition) is 5. The van der Waals surface area contributed by atoms with E-state index in [-0.39, 0.29) is 9.77 Å². The van der Waals surface area contributed by atoms with E-state index in [0.29, 0.717) is 35.9 Å². The van der Waals surface area contributed by atoms with Crippen molar-refractivity contribution in [3.63, 3.8) is 0 Å². The lowest BCUT2D eigenvalue weighted by Gasteiger charge is -2.12. The summed E-state index contributed by atoms with van der Waals surface area (Å²) >= 11 is 1.01. The Morgan fingerprint density at radius 2 is 2.00 bits per heavy atom. The standard InChI is InChI=1S/C18H27N3O3S2/c1-2-3-13-21-15-9-6-10-16(17(15)25-18(21)22)26(23,24)20-12-11-19-14-7-4-5-8-14/h6,9-10,14,19-20H,2-5,7-8,11-13H2,1H3. The van der Waals surface area contributed by atoms with Crippen LogP contribution in [0.2, 0.25) is 0 Å². The maximum Gasteiger partial charge on any atom is 0.308 e. The van der Waals surface area contributed by atoms with Gasteiger partial charge in [0.15, 0.2) is 0 Å². The molecule has 26 heavy (non-hydrogen) atoms. The normalized spacial score (nSPS) is 15.9. The average Bonchev–Trinajstić information content (AvgIpc) is 3.23. The fourth-order valence-electron chi connectivity index (χ4n) is 3.47. The van der Waals surface area contributed by atoms with Crippen molar-refractivity contribution in [2.45, 2.75) is 62.9 Å². The first-order valence-corrected chi connectivity index (χ1v) is 11.7. The second kappa shape index (κ2) is 8.65. The number of nitrogens with zero attached hydrogens (tertiary/aromatic N) is 1. The van der Waals surface area contributed by atoms with Crippen LogP contribution in [-0.4, -0.2) is 32.1 Å². The predicted molar refractivity (Wildman–Crippen MR) is 106 cm³/mol. The summed E-state index contributed by atoms with van der Waals surface area (Å²) in [5.41, 5.74) is 0.709. The van der Waals surface area contributed by atoms with E-state index in [9.17, 15) is 13.2 Å². The molecule has 1 saturated carbocycles. The Bertz CT molecular complexity index is 896. The molecule has 8 heteroatoms. The van der Waals surface area contributed by atoms with Gasteiger partial charge in [-0.3, -0.25) is 9.36 Å². The Kier molecular flexibility index (Phi) is 6.50. The Labute approximate surface area is 158 Å². The van der Waals surface area contributed by atoms with E-state index in [1.165, 1.54) is 25.7 Å². The van der Waals surface area contributed by atoms with Gasteiger partial charge in [-0.2, -0.15) is 0 Å². The van der Waals surface area contributed by atoms with E-state index in [1.54, 1.807) is 16.7 Å². The largest absolute Gasteiger partial charge is 0.313 e. The zero-order chi connectivity index (χ0) is 18.6. The molecule has 1 aromatic carbocycles. The molecule has 0 bridgehead atoms. The van der Waals surface area contributed by atoms with Gasteiger partial charge in [-0.1, -0.05) is 43.6 Å². The molecule has 0 amide bonds. The number of sulfonamides is 1. The molecule has 1 fully saturated rings. The first kappa shape index (κ1) is 19.5. The van der Waals surface area contributed by atoms with Gasteiger partial charge in [0.05, 0.1) is 10.2 Å². The van der Waals surface area contributed by atoms with Gasteiger partial charge in [-0.25, -0.2) is 13.1 Å². The summed E-state index contributed by atoms with van der Waals surface area (Å²) in [6.07, 6.45) is 6.72. The molecule has 2 aromatic rings. The number of aryl methyl sites for hydroxylation is 1. The monoisotopic (exact) mass is 397 g/mol. The molecule has 0 atom stereocenters. The second-order valence-corrected chi connectivity index (χ2v) is 9.51. The van der Waals surface area contributed by atoms with Crippen LogP contribution >= 0.6 is 11.3 Å². The highest BCUT2D eigenvalue weighted by Crippen LogP contribution is 2.26. The molecule has 6 nitrogen and oxygen atoms in total. The number of nitrogens with one attached hydrogen (secondary N) is 2. The lowest BCUT2D eigenvalue weighted by molar-refractivity contribution is 0.520. The van der Waals surface area contributed by atoms with Crippen molar-refractivity contribution in [3.05, 3.63) is 27.9 Å². The third kappa shape index (κ3) is 4.36. The molecule has 144 valence electrons. The molecule has 2 N–H and O–H groups in total. The predicted octanol–water partition coefficient (Wildman–Crippen LogP) is 2.67. The number of aromatic nitrogens is 1. The van der Waals surface area contributed by atoms with Crippen molar-refractivity contribution in [2.24, 2.45) is 0 Å². The van der Waals surface area contributed by atoms with Crippen molar-refractivity contribution in [1.82, 2.24) is 14.6 Å². The zero-order valence-corrected chi connectivity index (χ0v) is 16.8. The Morgan fingerprint density at radius 1 is 1.23 bits per heavy atom. The highest BCUT2D eigenvalue weighted by Gasteiger charge is 2.21. The lowest BCUT2D eigenvalue weighted by Crippen LogP contribution is -2.35. The van der Waals surface area contributed by atoms with Gasteiger partial charge < -0.3 is 5.32 Å². The zero-order valence-electron chi connectivity index (χ0n) is 15.2. The van der Waals surface area contributed by atoms with E-state index < -0.39 is 10.0 Å². The number of fused-ring (bicyclic) bond motifs is 1. The summed E-state index contributed by atoms with van der Waals surface area (Å²) in [5.74, 6) is 0. The molecule has 1 aliphatic carbocycles. The van der Waals surface area contributed by atoms with Crippen molar-refractivity contribution in [3.8, 4) is 0 Å². The summed E-state index contributed by atoms with van der Waals surface area (Å²) in [4.78, 5) is 12.4. The van der Waals surface area contributed by atoms with Crippen LogP contribution in [0.3, 0.4) is 0 Å². The molecular formula is C18H27N3O3S2. The summed E-state index contributed by atoms with van der Waals surface area (Å²) < 4.78 is 30.4. The quantitative estimate of drug-likeness (QED) is 0.638. The SMILES string of the molecule is CCCCn1c(=O)sc2c(S(=O)(=O)NCCNC3CCCC3)cccc21. The minimum Gasteiger partial charge on any atom is -0.313 e. The number of hydrogen-bond donors (Lipinski definition) is 2. The molecular weight excluding hydrogens is 370 g/mol. The maximum absolute atomic E-state index is 12.7. The Balaban J connectivity index is 1.74. The molecule has 0 saturated heterocycles. The van der Waals surface area contributed by atoms with E-state index in [2.05, 4.69) is 17.0 Å². The molecule has 0 unspecified atom stereocenters. The summed E-state index contributed by atoms with van der Waals surface area (Å²) in [5, 5.41) is 3.40. The minimum absolute atomic E-state index is 0.0981. The van der Waals surface area contributed by atoms with E-state index in [0.717, 1.165) is 24.2 Å². The van der Waals surface area contributed by atoms with Gasteiger partial charge in [0.1, 0.15) is 4.90 Å². The first-order valence-electron chi connectivity index (χ1n) is 9.38. The topological polar surface area (TPSA) is 80.2 Å². The van der Waals surface area contributed by atoms with E-state index in [1.807, 2.05) is 6.07 Å². The number of benzene rings is 1. The highest BCUT2D eigenvalue weighted by molar-refractivity contribution is 7.90. The van der Waals surface area contributed by atoms with Crippen LogP contribution in [0.1, 0.15) is 45.4 Å². The summed E-state index contributed by atoms with van der Waals surface area (Å²) in [6, 6.07) is 5.63. The first-order chi connectivity index (χ1) is 12.5. The third-order valence-corrected chi connectivity index (χ3v) is 7.55. The highest BCUT2D eigenvalue weighted by atomic mass is 32.2. The fraction of sp³-hybridized carbons (Fsp3) is 0.611. The van der Waals surface area contributed by atoms with Crippen LogP contribution in [0.25, 0.3) is 10.2 Å². The van der Waals surface area contributed by atoms with Gasteiger partial charge in [0, 0.05) is 25.7 Å². The maximum atomic E-state index is 12.7. The number of rotatable bonds is 9. The second-order valence-electron chi connectivity index (χ2n) is 6.81. The van der Waals surface area contributed by atoms with Gasteiger partial charge in [-0.05, 0) is 31.4 Å². The molecule has 0 radical (unpaired) electrons. The van der Waals surface area contributed by atoms with Gasteiger partial charge >= 0.3 is 4.87 Å². The van der Waals surface area contributed by atoms with Crippen LogP contribution in [0.4, 0.5) is 0 Å². The molecule has 0 aliphatic heterocycles. The molecule has 3 rings (SSSR count). The van der Waals surface area contributed by atoms with Crippen LogP contribution in [0, 0.1) is 0 Å². The van der Waals surface area contributed by atoms with Crippen molar-refractivity contribution in [2.75, 3.05) is 13.1 Å². The molecule has 0 spiro atoms. The van der Waals surface area contributed by atoms with Crippen molar-refractivity contribution in [1.29, 1.82) is 0 Å². The summed E-state index contributed by atoms with van der Waals surface area (Å²) in [6.45, 7) is 3.66. The number of unbranched alkanes of at least 4 members (excludes halogenated alkanes) is 1. The lowest BCUT2D eigenvalue weighted by atomic mass is 10.2. The van der Waals surface area contributed by atoms with Gasteiger partial charge in [0.2, 0.25) is 10.0 Å². The Morgan fingerprint density at radius 3 is 2.73 bits per heavy atom. The molecule has 1 aliphatic rings. The summed E-state index contributed by atoms with van der Waals surface area (Å²) in [7, 11) is -3.64. The number of thiazole rings is 1.